The summed E-state index contributed by atoms with van der Waals surface area (Å²) in [4.78, 5) is 41.0. The first kappa shape index (κ1) is 26.2. The van der Waals surface area contributed by atoms with E-state index in [1.807, 2.05) is 6.92 Å². The van der Waals surface area contributed by atoms with Crippen LogP contribution in [0.1, 0.15) is 37.3 Å². The lowest BCUT2D eigenvalue weighted by atomic mass is 10.1. The number of hydrogen-bond acceptors (Lipinski definition) is 6. The van der Waals surface area contributed by atoms with Crippen molar-refractivity contribution in [1.82, 2.24) is 9.80 Å². The van der Waals surface area contributed by atoms with Crippen LogP contribution >= 0.6 is 27.7 Å². The first-order valence-electron chi connectivity index (χ1n) is 11.7. The largest absolute Gasteiger partial charge is 0.490 e. The maximum absolute atomic E-state index is 13.5. The summed E-state index contributed by atoms with van der Waals surface area (Å²) >= 11 is 4.31. The molecule has 2 aliphatic heterocycles. The van der Waals surface area contributed by atoms with Gasteiger partial charge in [0.15, 0.2) is 11.5 Å². The van der Waals surface area contributed by atoms with Crippen LogP contribution in [0.5, 0.6) is 11.5 Å². The molecule has 0 aliphatic carbocycles. The number of piperidine rings is 1. The van der Waals surface area contributed by atoms with Crippen molar-refractivity contribution in [3.05, 3.63) is 62.7 Å². The van der Waals surface area contributed by atoms with Crippen LogP contribution < -0.4 is 9.47 Å². The summed E-state index contributed by atoms with van der Waals surface area (Å²) in [5, 5.41) is -0.465. The molecule has 0 N–H and O–H groups in total. The van der Waals surface area contributed by atoms with Crippen molar-refractivity contribution in [2.24, 2.45) is 0 Å². The number of rotatable bonds is 8. The zero-order valence-corrected chi connectivity index (χ0v) is 22.2. The van der Waals surface area contributed by atoms with Gasteiger partial charge in [0.2, 0.25) is 5.91 Å². The molecule has 4 rings (SSSR count). The zero-order valence-electron chi connectivity index (χ0n) is 19.8. The van der Waals surface area contributed by atoms with Gasteiger partial charge >= 0.3 is 0 Å². The fraction of sp³-hybridized carbons (Fsp3) is 0.346. The average molecular weight is 577 g/mol. The van der Waals surface area contributed by atoms with Gasteiger partial charge in [-0.3, -0.25) is 19.3 Å². The number of nitrogens with zero attached hydrogens (tertiary/aromatic N) is 2. The topological polar surface area (TPSA) is 76.2 Å². The SMILES string of the molecule is CCOc1cc(/C=C2\SC(=O)N(CC(=O)N3CCCCC3)C2=O)c(Br)cc1OCc1cccc(F)c1. The summed E-state index contributed by atoms with van der Waals surface area (Å²) in [6, 6.07) is 9.56. The van der Waals surface area contributed by atoms with Gasteiger partial charge in [0.25, 0.3) is 11.1 Å². The van der Waals surface area contributed by atoms with E-state index in [2.05, 4.69) is 15.9 Å². The van der Waals surface area contributed by atoms with Crippen LogP contribution in [0.25, 0.3) is 6.08 Å². The Balaban J connectivity index is 1.50. The number of likely N-dealkylation sites (tertiary alicyclic amines) is 1. The molecule has 0 bridgehead atoms. The standard InChI is InChI=1S/C26H26BrFN2O5S/c1-2-34-21-12-18(20(27)14-22(21)35-16-17-7-6-8-19(28)11-17)13-23-25(32)30(26(33)36-23)15-24(31)29-9-4-3-5-10-29/h6-8,11-14H,2-5,9-10,15-16H2,1H3/b23-13-. The molecule has 7 nitrogen and oxygen atoms in total. The Labute approximate surface area is 221 Å². The van der Waals surface area contributed by atoms with E-state index >= 15 is 0 Å². The molecular formula is C26H26BrFN2O5S. The normalized spacial score (nSPS) is 17.1. The van der Waals surface area contributed by atoms with E-state index in [0.717, 1.165) is 35.9 Å². The van der Waals surface area contributed by atoms with Gasteiger partial charge in [0.05, 0.1) is 11.5 Å². The van der Waals surface area contributed by atoms with Crippen molar-refractivity contribution in [3.8, 4) is 11.5 Å². The second kappa shape index (κ2) is 11.9. The lowest BCUT2D eigenvalue weighted by Crippen LogP contribution is -2.44. The van der Waals surface area contributed by atoms with Crippen LogP contribution in [0.2, 0.25) is 0 Å². The first-order chi connectivity index (χ1) is 17.4. The Morgan fingerprint density at radius 1 is 1.11 bits per heavy atom. The summed E-state index contributed by atoms with van der Waals surface area (Å²) < 4.78 is 25.7. The molecule has 0 spiro atoms. The molecule has 0 aromatic heterocycles. The number of benzene rings is 2. The van der Waals surface area contributed by atoms with Gasteiger partial charge in [0.1, 0.15) is 19.0 Å². The van der Waals surface area contributed by atoms with Crippen molar-refractivity contribution in [3.63, 3.8) is 0 Å². The fourth-order valence-electron chi connectivity index (χ4n) is 3.99. The van der Waals surface area contributed by atoms with Crippen LogP contribution in [0, 0.1) is 5.82 Å². The minimum absolute atomic E-state index is 0.146. The number of amides is 3. The van der Waals surface area contributed by atoms with Gasteiger partial charge in [-0.05, 0) is 79.4 Å². The van der Waals surface area contributed by atoms with Crippen molar-refractivity contribution < 1.29 is 28.2 Å². The van der Waals surface area contributed by atoms with Crippen LogP contribution in [-0.4, -0.2) is 53.1 Å². The summed E-state index contributed by atoms with van der Waals surface area (Å²) in [6.45, 7) is 3.43. The van der Waals surface area contributed by atoms with E-state index in [4.69, 9.17) is 9.47 Å². The highest BCUT2D eigenvalue weighted by molar-refractivity contribution is 9.10. The first-order valence-corrected chi connectivity index (χ1v) is 13.3. The van der Waals surface area contributed by atoms with Gasteiger partial charge < -0.3 is 14.4 Å². The number of imide groups is 1. The van der Waals surface area contributed by atoms with E-state index in [-0.39, 0.29) is 29.8 Å². The molecule has 2 aliphatic rings. The molecule has 2 fully saturated rings. The highest BCUT2D eigenvalue weighted by Crippen LogP contribution is 2.38. The van der Waals surface area contributed by atoms with E-state index in [0.29, 0.717) is 46.8 Å². The number of carbonyl (C=O) groups excluding carboxylic acids is 3. The maximum Gasteiger partial charge on any atom is 0.294 e. The van der Waals surface area contributed by atoms with Crippen molar-refractivity contribution in [2.45, 2.75) is 32.8 Å². The predicted octanol–water partition coefficient (Wildman–Crippen LogP) is 5.61. The van der Waals surface area contributed by atoms with E-state index in [1.165, 1.54) is 12.1 Å². The molecule has 10 heteroatoms. The molecule has 0 saturated carbocycles. The van der Waals surface area contributed by atoms with Crippen LogP contribution in [-0.2, 0) is 16.2 Å². The number of hydrogen-bond donors (Lipinski definition) is 0. The number of halogens is 2. The Kier molecular flexibility index (Phi) is 8.68. The second-order valence-electron chi connectivity index (χ2n) is 8.38. The van der Waals surface area contributed by atoms with E-state index in [9.17, 15) is 18.8 Å². The quantitative estimate of drug-likeness (QED) is 0.380. The molecule has 2 heterocycles. The zero-order chi connectivity index (χ0) is 25.7. The van der Waals surface area contributed by atoms with Gasteiger partial charge in [-0.1, -0.05) is 28.1 Å². The Morgan fingerprint density at radius 2 is 1.86 bits per heavy atom. The smallest absolute Gasteiger partial charge is 0.294 e. The van der Waals surface area contributed by atoms with Gasteiger partial charge in [-0.2, -0.15) is 0 Å². The minimum atomic E-state index is -0.494. The molecule has 36 heavy (non-hydrogen) atoms. The van der Waals surface area contributed by atoms with Crippen molar-refractivity contribution in [2.75, 3.05) is 26.2 Å². The summed E-state index contributed by atoms with van der Waals surface area (Å²) in [5.41, 5.74) is 1.29. The molecule has 190 valence electrons. The van der Waals surface area contributed by atoms with Crippen LogP contribution in [0.4, 0.5) is 9.18 Å². The highest BCUT2D eigenvalue weighted by Gasteiger charge is 2.37. The van der Waals surface area contributed by atoms with Gasteiger partial charge in [-0.15, -0.1) is 0 Å². The van der Waals surface area contributed by atoms with E-state index < -0.39 is 11.1 Å². The molecule has 2 aromatic carbocycles. The lowest BCUT2D eigenvalue weighted by Gasteiger charge is -2.27. The Hall–Kier alpha value is -2.85. The van der Waals surface area contributed by atoms with Crippen molar-refractivity contribution >= 4 is 50.8 Å². The molecule has 0 atom stereocenters. The summed E-state index contributed by atoms with van der Waals surface area (Å²) in [5.74, 6) is -0.151. The number of ether oxygens (including phenoxy) is 2. The monoisotopic (exact) mass is 576 g/mol. The molecular weight excluding hydrogens is 551 g/mol. The van der Waals surface area contributed by atoms with Gasteiger partial charge in [-0.25, -0.2) is 4.39 Å². The van der Waals surface area contributed by atoms with Crippen molar-refractivity contribution in [1.29, 1.82) is 0 Å². The predicted molar refractivity (Wildman–Crippen MR) is 139 cm³/mol. The van der Waals surface area contributed by atoms with Crippen LogP contribution in [0.15, 0.2) is 45.8 Å². The second-order valence-corrected chi connectivity index (χ2v) is 10.2. The fourth-order valence-corrected chi connectivity index (χ4v) is 5.25. The average Bonchev–Trinajstić information content (AvgIpc) is 3.13. The third-order valence-corrected chi connectivity index (χ3v) is 7.40. The number of thioether (sulfide) groups is 1. The third kappa shape index (κ3) is 6.28. The van der Waals surface area contributed by atoms with Gasteiger partial charge in [0, 0.05) is 17.6 Å². The minimum Gasteiger partial charge on any atom is -0.490 e. The summed E-state index contributed by atoms with van der Waals surface area (Å²) in [7, 11) is 0. The molecule has 3 amide bonds. The molecule has 0 radical (unpaired) electrons. The summed E-state index contributed by atoms with van der Waals surface area (Å²) in [6.07, 6.45) is 4.55. The molecule has 0 unspecified atom stereocenters. The molecule has 2 saturated heterocycles. The lowest BCUT2D eigenvalue weighted by molar-refractivity contribution is -0.136. The Bertz CT molecular complexity index is 1200. The number of carbonyl (C=O) groups is 3. The van der Waals surface area contributed by atoms with E-state index in [1.54, 1.807) is 35.2 Å². The highest BCUT2D eigenvalue weighted by atomic mass is 79.9. The maximum atomic E-state index is 13.5. The Morgan fingerprint density at radius 3 is 2.58 bits per heavy atom. The third-order valence-electron chi connectivity index (χ3n) is 5.81. The molecule has 2 aromatic rings. The van der Waals surface area contributed by atoms with Crippen LogP contribution in [0.3, 0.4) is 0 Å².